The molecule has 24 heavy (non-hydrogen) atoms. The molecular weight excluding hydrogens is 351 g/mol. The van der Waals surface area contributed by atoms with Crippen molar-refractivity contribution in [3.05, 3.63) is 89.5 Å². The molecule has 0 bridgehead atoms. The maximum absolute atomic E-state index is 2.44. The maximum atomic E-state index is 2.42. The van der Waals surface area contributed by atoms with Crippen molar-refractivity contribution in [3.8, 4) is 0 Å². The first-order chi connectivity index (χ1) is 11.6. The summed E-state index contributed by atoms with van der Waals surface area (Å²) in [6.45, 7) is 8.99. The summed E-state index contributed by atoms with van der Waals surface area (Å²) in [5, 5.41) is 1.20. The standard InChI is InChI=1S/C23H26As/c1-5-24(21-12-6-9-18(2)15-21,22-13-7-10-19(3)16-22)23-14-8-11-20(4)17-23/h6-17H,5H2,1-4H3/q+1. The summed E-state index contributed by atoms with van der Waals surface area (Å²) in [5.41, 5.74) is 4.06. The van der Waals surface area contributed by atoms with Crippen molar-refractivity contribution in [2.24, 2.45) is 0 Å². The van der Waals surface area contributed by atoms with E-state index in [4.69, 9.17) is 0 Å². The summed E-state index contributed by atoms with van der Waals surface area (Å²) in [4.78, 5) is 0. The fourth-order valence-electron chi connectivity index (χ4n) is 3.59. The molecule has 3 aromatic carbocycles. The average Bonchev–Trinajstić information content (AvgIpc) is 2.56. The molecule has 3 rings (SSSR count). The third kappa shape index (κ3) is 3.08. The summed E-state index contributed by atoms with van der Waals surface area (Å²) < 4.78 is 4.64. The number of aryl methyl sites for hydroxylation is 3. The van der Waals surface area contributed by atoms with Crippen LogP contribution in [0.3, 0.4) is 0 Å². The molecule has 1 heteroatoms. The van der Waals surface area contributed by atoms with Gasteiger partial charge in [-0.1, -0.05) is 0 Å². The van der Waals surface area contributed by atoms with E-state index in [2.05, 4.69) is 100 Å². The third-order valence-electron chi connectivity index (χ3n) is 4.80. The molecule has 0 unspecified atom stereocenters. The fraction of sp³-hybridized carbons (Fsp3) is 0.217. The monoisotopic (exact) mass is 377 g/mol. The molecule has 0 aliphatic rings. The van der Waals surface area contributed by atoms with Crippen LogP contribution in [0.5, 0.6) is 0 Å². The molecule has 0 saturated carbocycles. The van der Waals surface area contributed by atoms with Gasteiger partial charge in [-0.3, -0.25) is 0 Å². The van der Waals surface area contributed by atoms with Crippen LogP contribution in [0.4, 0.5) is 0 Å². The molecule has 0 amide bonds. The molecule has 0 N–H and O–H groups in total. The van der Waals surface area contributed by atoms with Crippen molar-refractivity contribution in [2.75, 3.05) is 0 Å². The Morgan fingerprint density at radius 1 is 0.583 bits per heavy atom. The van der Waals surface area contributed by atoms with Gasteiger partial charge in [0.25, 0.3) is 0 Å². The summed E-state index contributed by atoms with van der Waals surface area (Å²) in [5.74, 6) is 0. The van der Waals surface area contributed by atoms with Gasteiger partial charge in [-0.2, -0.15) is 0 Å². The Hall–Kier alpha value is -1.78. The Morgan fingerprint density at radius 2 is 0.917 bits per heavy atom. The van der Waals surface area contributed by atoms with Gasteiger partial charge < -0.3 is 0 Å². The molecule has 122 valence electrons. The van der Waals surface area contributed by atoms with Gasteiger partial charge in [0, 0.05) is 0 Å². The molecule has 0 saturated heterocycles. The first-order valence-corrected chi connectivity index (χ1v) is 12.8. The zero-order valence-electron chi connectivity index (χ0n) is 15.1. The van der Waals surface area contributed by atoms with E-state index in [0.717, 1.165) is 0 Å². The van der Waals surface area contributed by atoms with Crippen molar-refractivity contribution < 1.29 is 0 Å². The predicted octanol–water partition coefficient (Wildman–Crippen LogP) is 4.10. The zero-order valence-corrected chi connectivity index (χ0v) is 17.0. The van der Waals surface area contributed by atoms with Crippen LogP contribution in [0, 0.1) is 20.8 Å². The number of hydrogen-bond acceptors (Lipinski definition) is 0. The minimum absolute atomic E-state index is 1.20. The Bertz CT molecular complexity index is 737. The normalized spacial score (nSPS) is 11.5. The van der Waals surface area contributed by atoms with Gasteiger partial charge in [-0.25, -0.2) is 0 Å². The van der Waals surface area contributed by atoms with Gasteiger partial charge in [0.05, 0.1) is 0 Å². The van der Waals surface area contributed by atoms with Gasteiger partial charge in [-0.05, 0) is 0 Å². The van der Waals surface area contributed by atoms with Gasteiger partial charge >= 0.3 is 149 Å². The van der Waals surface area contributed by atoms with Crippen molar-refractivity contribution in [3.63, 3.8) is 0 Å². The van der Waals surface area contributed by atoms with Crippen molar-refractivity contribution in [2.45, 2.75) is 32.9 Å². The molecule has 0 heterocycles. The Labute approximate surface area is 149 Å². The Morgan fingerprint density at radius 3 is 1.17 bits per heavy atom. The van der Waals surface area contributed by atoms with Gasteiger partial charge in [0.15, 0.2) is 0 Å². The first-order valence-electron chi connectivity index (χ1n) is 8.66. The Balaban J connectivity index is 2.34. The summed E-state index contributed by atoms with van der Waals surface area (Å²) in [6, 6.07) is 27.6. The number of hydrogen-bond donors (Lipinski definition) is 0. The molecule has 0 radical (unpaired) electrons. The molecule has 0 aromatic heterocycles. The molecule has 0 atom stereocenters. The second-order valence-corrected chi connectivity index (χ2v) is 14.6. The van der Waals surface area contributed by atoms with Crippen LogP contribution in [-0.2, 0) is 0 Å². The van der Waals surface area contributed by atoms with Crippen molar-refractivity contribution in [1.29, 1.82) is 0 Å². The minimum atomic E-state index is -2.44. The van der Waals surface area contributed by atoms with Crippen LogP contribution in [-0.4, -0.2) is 13.6 Å². The molecule has 0 aliphatic carbocycles. The van der Waals surface area contributed by atoms with E-state index in [-0.39, 0.29) is 0 Å². The predicted molar refractivity (Wildman–Crippen MR) is 109 cm³/mol. The van der Waals surface area contributed by atoms with E-state index < -0.39 is 13.6 Å². The third-order valence-corrected chi connectivity index (χ3v) is 14.1. The Kier molecular flexibility index (Phi) is 4.97. The van der Waals surface area contributed by atoms with E-state index in [1.807, 2.05) is 0 Å². The second kappa shape index (κ2) is 6.99. The van der Waals surface area contributed by atoms with E-state index in [9.17, 15) is 0 Å². The summed E-state index contributed by atoms with van der Waals surface area (Å²) in [6.07, 6.45) is 0. The number of benzene rings is 3. The molecule has 0 fully saturated rings. The second-order valence-electron chi connectivity index (χ2n) is 6.64. The molecular formula is C23H26As+. The SMILES string of the molecule is CC[As+](c1cccc(C)c1)(c1cccc(C)c1)c1cccc(C)c1. The van der Waals surface area contributed by atoms with Crippen molar-refractivity contribution in [1.82, 2.24) is 0 Å². The van der Waals surface area contributed by atoms with E-state index in [1.165, 1.54) is 21.9 Å². The topological polar surface area (TPSA) is 0 Å². The average molecular weight is 377 g/mol. The molecule has 0 spiro atoms. The first kappa shape index (κ1) is 17.1. The van der Waals surface area contributed by atoms with Gasteiger partial charge in [0.2, 0.25) is 0 Å². The summed E-state index contributed by atoms with van der Waals surface area (Å²) in [7, 11) is 0. The van der Waals surface area contributed by atoms with E-state index in [0.29, 0.717) is 0 Å². The molecule has 0 aliphatic heterocycles. The quantitative estimate of drug-likeness (QED) is 0.601. The number of rotatable bonds is 4. The fourth-order valence-corrected chi connectivity index (χ4v) is 12.6. The summed E-state index contributed by atoms with van der Waals surface area (Å²) >= 11 is -2.44. The van der Waals surface area contributed by atoms with Crippen LogP contribution in [0.2, 0.25) is 5.21 Å². The van der Waals surface area contributed by atoms with Crippen LogP contribution in [0.1, 0.15) is 23.6 Å². The van der Waals surface area contributed by atoms with E-state index in [1.54, 1.807) is 13.1 Å². The molecule has 3 aromatic rings. The van der Waals surface area contributed by atoms with Crippen LogP contribution < -0.4 is 13.1 Å². The van der Waals surface area contributed by atoms with Crippen LogP contribution in [0.25, 0.3) is 0 Å². The van der Waals surface area contributed by atoms with Crippen LogP contribution in [0.15, 0.2) is 72.8 Å². The van der Waals surface area contributed by atoms with Crippen LogP contribution >= 0.6 is 0 Å². The molecule has 0 nitrogen and oxygen atoms in total. The van der Waals surface area contributed by atoms with Gasteiger partial charge in [0.1, 0.15) is 0 Å². The van der Waals surface area contributed by atoms with Gasteiger partial charge in [-0.15, -0.1) is 0 Å². The van der Waals surface area contributed by atoms with Crippen molar-refractivity contribution >= 4 is 26.6 Å². The van der Waals surface area contributed by atoms with E-state index >= 15 is 0 Å². The zero-order chi connectivity index (χ0) is 17.2.